The van der Waals surface area contributed by atoms with Crippen molar-refractivity contribution in [3.8, 4) is 11.5 Å². The predicted molar refractivity (Wildman–Crippen MR) is 134 cm³/mol. The summed E-state index contributed by atoms with van der Waals surface area (Å²) in [5.74, 6) is -2.46. The number of allylic oxidation sites excluding steroid dienone is 1. The van der Waals surface area contributed by atoms with Gasteiger partial charge in [-0.25, -0.2) is 13.2 Å². The Hall–Kier alpha value is -4.41. The first kappa shape index (κ1) is 27.2. The molecule has 3 rings (SSSR count). The van der Waals surface area contributed by atoms with Gasteiger partial charge in [0.1, 0.15) is 17.3 Å². The summed E-state index contributed by atoms with van der Waals surface area (Å²) < 4.78 is 47.7. The molecule has 1 heterocycles. The summed E-state index contributed by atoms with van der Waals surface area (Å²) in [6.07, 6.45) is 0.785. The molecule has 0 spiro atoms. The molecule has 37 heavy (non-hydrogen) atoms. The van der Waals surface area contributed by atoms with Gasteiger partial charge < -0.3 is 21.5 Å². The van der Waals surface area contributed by atoms with E-state index in [4.69, 9.17) is 16.2 Å². The van der Waals surface area contributed by atoms with Gasteiger partial charge in [-0.1, -0.05) is 6.07 Å². The molecule has 1 aromatic heterocycles. The fourth-order valence-corrected chi connectivity index (χ4v) is 3.28. The summed E-state index contributed by atoms with van der Waals surface area (Å²) in [5.41, 5.74) is 10.2. The predicted octanol–water partition coefficient (Wildman–Crippen LogP) is 4.53. The van der Waals surface area contributed by atoms with Crippen LogP contribution in [0.5, 0.6) is 11.5 Å². The van der Waals surface area contributed by atoms with Crippen molar-refractivity contribution < 1.29 is 27.5 Å². The zero-order valence-electron chi connectivity index (χ0n) is 20.4. The Balaban J connectivity index is 1.86. The van der Waals surface area contributed by atoms with E-state index in [0.29, 0.717) is 5.56 Å². The van der Waals surface area contributed by atoms with Crippen molar-refractivity contribution in [3.05, 3.63) is 77.0 Å². The molecule has 0 fully saturated rings. The number of aliphatic imine (C=N–C) groups is 1. The number of amides is 2. The van der Waals surface area contributed by atoms with Crippen LogP contribution in [0.1, 0.15) is 48.7 Å². The highest BCUT2D eigenvalue weighted by atomic mass is 19.3. The van der Waals surface area contributed by atoms with Gasteiger partial charge in [-0.15, -0.1) is 0 Å². The maximum atomic E-state index is 14.1. The maximum absolute atomic E-state index is 14.1. The first-order valence-corrected chi connectivity index (χ1v) is 11.1. The van der Waals surface area contributed by atoms with E-state index < -0.39 is 29.6 Å². The number of nitrogens with zero attached hydrogens (tertiary/aromatic N) is 2. The highest BCUT2D eigenvalue weighted by Crippen LogP contribution is 2.36. The number of ether oxygens (including phenoxy) is 1. The van der Waals surface area contributed by atoms with Crippen LogP contribution in [0.2, 0.25) is 0 Å². The third-order valence-corrected chi connectivity index (χ3v) is 5.00. The van der Waals surface area contributed by atoms with Crippen LogP contribution in [0.3, 0.4) is 0 Å². The average Bonchev–Trinajstić information content (AvgIpc) is 2.81. The molecule has 2 aromatic carbocycles. The standard InChI is InChI=1S/C26H26F3N5O3/c1-26(2,3)33-13-15(12-30)34-23(35)9-14-4-5-21(18(8-14)24(28)29)37-22-6-7-32-20-11-19(27)16(25(31)36)10-17(20)22/h4-8,10-13,24H,9,30H2,1-3H3,(H2,31,36)(H,34,35)/b15-12+,33-13?. The number of primary amides is 1. The second kappa shape index (κ2) is 11.1. The number of carbonyl (C=O) groups excluding carboxylic acids is 2. The molecular formula is C26H26F3N5O3. The van der Waals surface area contributed by atoms with E-state index in [1.165, 1.54) is 36.8 Å². The Labute approximate surface area is 211 Å². The molecule has 8 nitrogen and oxygen atoms in total. The summed E-state index contributed by atoms with van der Waals surface area (Å²) in [7, 11) is 0. The summed E-state index contributed by atoms with van der Waals surface area (Å²) in [4.78, 5) is 32.3. The lowest BCUT2D eigenvalue weighted by Crippen LogP contribution is -2.26. The van der Waals surface area contributed by atoms with Gasteiger partial charge in [-0.3, -0.25) is 19.6 Å². The highest BCUT2D eigenvalue weighted by Gasteiger charge is 2.19. The summed E-state index contributed by atoms with van der Waals surface area (Å²) in [5, 5.41) is 2.79. The van der Waals surface area contributed by atoms with Crippen molar-refractivity contribution in [2.45, 2.75) is 39.2 Å². The topological polar surface area (TPSA) is 133 Å². The fourth-order valence-electron chi connectivity index (χ4n) is 3.28. The third kappa shape index (κ3) is 7.06. The minimum absolute atomic E-state index is 0.0655. The lowest BCUT2D eigenvalue weighted by Gasteiger charge is -2.15. The van der Waals surface area contributed by atoms with E-state index in [0.717, 1.165) is 18.2 Å². The lowest BCUT2D eigenvalue weighted by molar-refractivity contribution is -0.119. The molecule has 2 amide bonds. The van der Waals surface area contributed by atoms with Crippen LogP contribution in [0, 0.1) is 5.82 Å². The zero-order valence-corrected chi connectivity index (χ0v) is 20.4. The molecule has 3 aromatic rings. The Bertz CT molecular complexity index is 1400. The molecule has 0 saturated heterocycles. The Kier molecular flexibility index (Phi) is 8.16. The number of benzene rings is 2. The molecule has 0 atom stereocenters. The minimum Gasteiger partial charge on any atom is -0.456 e. The minimum atomic E-state index is -2.93. The number of hydrogen-bond donors (Lipinski definition) is 3. The Morgan fingerprint density at radius 1 is 1.16 bits per heavy atom. The SMILES string of the molecule is CC(C)(C)N=C/C(=C\N)NC(=O)Cc1ccc(Oc2ccnc3cc(F)c(C(N)=O)cc23)c(C(F)F)c1. The van der Waals surface area contributed by atoms with Gasteiger partial charge in [0.15, 0.2) is 0 Å². The van der Waals surface area contributed by atoms with Gasteiger partial charge in [0.25, 0.3) is 12.3 Å². The quantitative estimate of drug-likeness (QED) is 0.381. The maximum Gasteiger partial charge on any atom is 0.267 e. The smallest absolute Gasteiger partial charge is 0.267 e. The number of fused-ring (bicyclic) bond motifs is 1. The van der Waals surface area contributed by atoms with Gasteiger partial charge >= 0.3 is 0 Å². The molecule has 0 aliphatic heterocycles. The molecule has 0 aliphatic carbocycles. The molecule has 0 radical (unpaired) electrons. The van der Waals surface area contributed by atoms with Crippen LogP contribution in [0.4, 0.5) is 13.2 Å². The normalized spacial score (nSPS) is 12.4. The number of rotatable bonds is 8. The van der Waals surface area contributed by atoms with Gasteiger partial charge in [0, 0.05) is 30.1 Å². The van der Waals surface area contributed by atoms with Crippen molar-refractivity contribution in [3.63, 3.8) is 0 Å². The number of nitrogens with two attached hydrogens (primary N) is 2. The van der Waals surface area contributed by atoms with Crippen LogP contribution in [0.15, 0.2) is 59.5 Å². The number of halogens is 3. The van der Waals surface area contributed by atoms with Gasteiger partial charge in [0.05, 0.1) is 34.3 Å². The Morgan fingerprint density at radius 2 is 1.89 bits per heavy atom. The molecular weight excluding hydrogens is 487 g/mol. The van der Waals surface area contributed by atoms with Gasteiger partial charge in [0.2, 0.25) is 5.91 Å². The second-order valence-corrected chi connectivity index (χ2v) is 9.07. The van der Waals surface area contributed by atoms with Crippen molar-refractivity contribution in [2.24, 2.45) is 16.5 Å². The van der Waals surface area contributed by atoms with Gasteiger partial charge in [-0.2, -0.15) is 0 Å². The van der Waals surface area contributed by atoms with Crippen molar-refractivity contribution >= 4 is 28.9 Å². The molecule has 0 bridgehead atoms. The van der Waals surface area contributed by atoms with Crippen LogP contribution >= 0.6 is 0 Å². The largest absolute Gasteiger partial charge is 0.456 e. The monoisotopic (exact) mass is 513 g/mol. The molecule has 0 unspecified atom stereocenters. The fraction of sp³-hybridized carbons (Fsp3) is 0.231. The number of alkyl halides is 2. The van der Waals surface area contributed by atoms with E-state index in [-0.39, 0.29) is 45.6 Å². The van der Waals surface area contributed by atoms with E-state index in [2.05, 4.69) is 15.3 Å². The van der Waals surface area contributed by atoms with Crippen LogP contribution in [-0.2, 0) is 11.2 Å². The zero-order chi connectivity index (χ0) is 27.3. The molecule has 0 aliphatic rings. The van der Waals surface area contributed by atoms with Crippen molar-refractivity contribution in [2.75, 3.05) is 0 Å². The average molecular weight is 514 g/mol. The van der Waals surface area contributed by atoms with Crippen LogP contribution in [0.25, 0.3) is 10.9 Å². The molecule has 11 heteroatoms. The number of nitrogens with one attached hydrogen (secondary N) is 1. The number of aromatic nitrogens is 1. The summed E-state index contributed by atoms with van der Waals surface area (Å²) >= 11 is 0. The lowest BCUT2D eigenvalue weighted by atomic mass is 10.1. The van der Waals surface area contributed by atoms with E-state index in [1.54, 1.807) is 0 Å². The molecule has 194 valence electrons. The van der Waals surface area contributed by atoms with E-state index in [1.807, 2.05) is 20.8 Å². The van der Waals surface area contributed by atoms with Crippen LogP contribution < -0.4 is 21.5 Å². The summed E-state index contributed by atoms with van der Waals surface area (Å²) in [6, 6.07) is 7.48. The number of hydrogen-bond acceptors (Lipinski definition) is 6. The highest BCUT2D eigenvalue weighted by molar-refractivity contribution is 5.98. The Morgan fingerprint density at radius 3 is 2.51 bits per heavy atom. The summed E-state index contributed by atoms with van der Waals surface area (Å²) in [6.45, 7) is 5.62. The first-order valence-electron chi connectivity index (χ1n) is 11.1. The van der Waals surface area contributed by atoms with Crippen LogP contribution in [-0.4, -0.2) is 28.6 Å². The number of carbonyl (C=O) groups is 2. The third-order valence-electron chi connectivity index (χ3n) is 5.00. The second-order valence-electron chi connectivity index (χ2n) is 9.07. The first-order chi connectivity index (χ1) is 17.4. The van der Waals surface area contributed by atoms with Crippen molar-refractivity contribution in [1.82, 2.24) is 10.3 Å². The van der Waals surface area contributed by atoms with E-state index >= 15 is 0 Å². The molecule has 5 N–H and O–H groups in total. The number of pyridine rings is 1. The van der Waals surface area contributed by atoms with Gasteiger partial charge in [-0.05, 0) is 50.6 Å². The van der Waals surface area contributed by atoms with E-state index in [9.17, 15) is 22.8 Å². The molecule has 0 saturated carbocycles. The van der Waals surface area contributed by atoms with Crippen molar-refractivity contribution in [1.29, 1.82) is 0 Å².